The van der Waals surface area contributed by atoms with E-state index in [1.54, 1.807) is 10.9 Å². The second-order valence-electron chi connectivity index (χ2n) is 5.49. The average Bonchev–Trinajstić information content (AvgIpc) is 2.92. The standard InChI is InChI=1S/C17H22ClN3O2/c1-13-11-20-21(12-13)8-6-17(22)19-7-3-9-23-16-5-4-15(18)10-14(16)2/h4-5,10-12H,3,6-9H2,1-2H3,(H,19,22). The summed E-state index contributed by atoms with van der Waals surface area (Å²) < 4.78 is 7.46. The summed E-state index contributed by atoms with van der Waals surface area (Å²) >= 11 is 5.90. The van der Waals surface area contributed by atoms with Crippen molar-refractivity contribution < 1.29 is 9.53 Å². The lowest BCUT2D eigenvalue weighted by Crippen LogP contribution is -2.26. The van der Waals surface area contributed by atoms with Crippen molar-refractivity contribution in [2.24, 2.45) is 0 Å². The van der Waals surface area contributed by atoms with E-state index in [1.165, 1.54) is 0 Å². The Hall–Kier alpha value is -2.01. The van der Waals surface area contributed by atoms with Crippen molar-refractivity contribution >= 4 is 17.5 Å². The Morgan fingerprint density at radius 1 is 1.39 bits per heavy atom. The van der Waals surface area contributed by atoms with Crippen LogP contribution >= 0.6 is 11.6 Å². The molecule has 0 saturated carbocycles. The lowest BCUT2D eigenvalue weighted by Gasteiger charge is -2.10. The molecule has 0 radical (unpaired) electrons. The number of rotatable bonds is 8. The van der Waals surface area contributed by atoms with Crippen LogP contribution in [0.4, 0.5) is 0 Å². The molecular weight excluding hydrogens is 314 g/mol. The number of halogens is 1. The van der Waals surface area contributed by atoms with Gasteiger partial charge in [-0.25, -0.2) is 0 Å². The number of hydrogen-bond donors (Lipinski definition) is 1. The molecule has 1 aromatic carbocycles. The van der Waals surface area contributed by atoms with Gasteiger partial charge >= 0.3 is 0 Å². The highest BCUT2D eigenvalue weighted by atomic mass is 35.5. The van der Waals surface area contributed by atoms with Crippen LogP contribution in [0, 0.1) is 13.8 Å². The molecule has 0 aliphatic rings. The number of nitrogens with zero attached hydrogens (tertiary/aromatic N) is 2. The molecule has 0 bridgehead atoms. The zero-order valence-electron chi connectivity index (χ0n) is 13.5. The maximum absolute atomic E-state index is 11.7. The summed E-state index contributed by atoms with van der Waals surface area (Å²) in [7, 11) is 0. The molecule has 2 rings (SSSR count). The summed E-state index contributed by atoms with van der Waals surface area (Å²) in [6, 6.07) is 5.54. The fourth-order valence-electron chi connectivity index (χ4n) is 2.15. The van der Waals surface area contributed by atoms with Gasteiger partial charge in [-0.1, -0.05) is 11.6 Å². The van der Waals surface area contributed by atoms with Crippen LogP contribution in [0.5, 0.6) is 5.75 Å². The molecule has 0 atom stereocenters. The van der Waals surface area contributed by atoms with Gasteiger partial charge in [0.2, 0.25) is 5.91 Å². The van der Waals surface area contributed by atoms with Crippen molar-refractivity contribution in [2.75, 3.05) is 13.2 Å². The number of amides is 1. The molecule has 0 saturated heterocycles. The molecule has 124 valence electrons. The Labute approximate surface area is 141 Å². The Morgan fingerprint density at radius 2 is 2.22 bits per heavy atom. The SMILES string of the molecule is Cc1cnn(CCC(=O)NCCCOc2ccc(Cl)cc2C)c1. The lowest BCUT2D eigenvalue weighted by molar-refractivity contribution is -0.121. The van der Waals surface area contributed by atoms with E-state index in [0.29, 0.717) is 31.1 Å². The zero-order chi connectivity index (χ0) is 16.7. The van der Waals surface area contributed by atoms with E-state index in [-0.39, 0.29) is 5.91 Å². The number of carbonyl (C=O) groups is 1. The van der Waals surface area contributed by atoms with Crippen molar-refractivity contribution in [3.63, 3.8) is 0 Å². The molecule has 0 fully saturated rings. The minimum absolute atomic E-state index is 0.0285. The predicted octanol–water partition coefficient (Wildman–Crippen LogP) is 3.13. The topological polar surface area (TPSA) is 56.2 Å². The van der Waals surface area contributed by atoms with Crippen molar-refractivity contribution in [2.45, 2.75) is 33.2 Å². The predicted molar refractivity (Wildman–Crippen MR) is 90.9 cm³/mol. The van der Waals surface area contributed by atoms with Crippen molar-refractivity contribution in [1.82, 2.24) is 15.1 Å². The van der Waals surface area contributed by atoms with Gasteiger partial charge in [0.1, 0.15) is 5.75 Å². The van der Waals surface area contributed by atoms with Gasteiger partial charge in [0.25, 0.3) is 0 Å². The number of nitrogens with one attached hydrogen (secondary N) is 1. The summed E-state index contributed by atoms with van der Waals surface area (Å²) in [6.07, 6.45) is 4.90. The molecule has 1 amide bonds. The highest BCUT2D eigenvalue weighted by Gasteiger charge is 2.03. The molecule has 6 heteroatoms. The molecule has 2 aromatic rings. The number of hydrogen-bond acceptors (Lipinski definition) is 3. The van der Waals surface area contributed by atoms with E-state index in [1.807, 2.05) is 38.2 Å². The highest BCUT2D eigenvalue weighted by Crippen LogP contribution is 2.21. The maximum Gasteiger partial charge on any atom is 0.221 e. The van der Waals surface area contributed by atoms with Crippen LogP contribution in [0.1, 0.15) is 24.0 Å². The van der Waals surface area contributed by atoms with Gasteiger partial charge in [-0.05, 0) is 49.6 Å². The zero-order valence-corrected chi connectivity index (χ0v) is 14.3. The third-order valence-corrected chi connectivity index (χ3v) is 3.60. The quantitative estimate of drug-likeness (QED) is 0.754. The molecule has 0 aliphatic heterocycles. The third kappa shape index (κ3) is 5.94. The normalized spacial score (nSPS) is 10.6. The van der Waals surface area contributed by atoms with E-state index in [2.05, 4.69) is 10.4 Å². The van der Waals surface area contributed by atoms with Gasteiger partial charge < -0.3 is 10.1 Å². The first-order chi connectivity index (χ1) is 11.0. The highest BCUT2D eigenvalue weighted by molar-refractivity contribution is 6.30. The Bertz CT molecular complexity index is 655. The molecule has 0 spiro atoms. The molecule has 23 heavy (non-hydrogen) atoms. The second-order valence-corrected chi connectivity index (χ2v) is 5.93. The molecular formula is C17H22ClN3O2. The Morgan fingerprint density at radius 3 is 2.91 bits per heavy atom. The maximum atomic E-state index is 11.7. The Kier molecular flexibility index (Phi) is 6.47. The fraction of sp³-hybridized carbons (Fsp3) is 0.412. The molecule has 1 aromatic heterocycles. The first kappa shape index (κ1) is 17.3. The summed E-state index contributed by atoms with van der Waals surface area (Å²) in [4.78, 5) is 11.7. The molecule has 1 heterocycles. The first-order valence-electron chi connectivity index (χ1n) is 7.69. The minimum Gasteiger partial charge on any atom is -0.493 e. The van der Waals surface area contributed by atoms with Crippen molar-refractivity contribution in [3.8, 4) is 5.75 Å². The second kappa shape index (κ2) is 8.58. The van der Waals surface area contributed by atoms with E-state index >= 15 is 0 Å². The minimum atomic E-state index is 0.0285. The average molecular weight is 336 g/mol. The van der Waals surface area contributed by atoms with Crippen LogP contribution < -0.4 is 10.1 Å². The van der Waals surface area contributed by atoms with Gasteiger partial charge in [0.05, 0.1) is 12.8 Å². The van der Waals surface area contributed by atoms with Gasteiger partial charge in [0, 0.05) is 30.7 Å². The molecule has 0 aliphatic carbocycles. The van der Waals surface area contributed by atoms with Gasteiger partial charge in [-0.15, -0.1) is 0 Å². The number of benzene rings is 1. The first-order valence-corrected chi connectivity index (χ1v) is 8.07. The van der Waals surface area contributed by atoms with Crippen LogP contribution in [-0.4, -0.2) is 28.8 Å². The van der Waals surface area contributed by atoms with E-state index in [4.69, 9.17) is 16.3 Å². The van der Waals surface area contributed by atoms with Crippen molar-refractivity contribution in [1.29, 1.82) is 0 Å². The lowest BCUT2D eigenvalue weighted by atomic mass is 10.2. The van der Waals surface area contributed by atoms with Crippen LogP contribution in [-0.2, 0) is 11.3 Å². The monoisotopic (exact) mass is 335 g/mol. The number of aryl methyl sites for hydroxylation is 3. The number of ether oxygens (including phenoxy) is 1. The van der Waals surface area contributed by atoms with Crippen LogP contribution in [0.15, 0.2) is 30.6 Å². The van der Waals surface area contributed by atoms with Gasteiger partial charge in [-0.2, -0.15) is 5.10 Å². The van der Waals surface area contributed by atoms with Gasteiger partial charge in [0.15, 0.2) is 0 Å². The fourth-order valence-corrected chi connectivity index (χ4v) is 2.38. The summed E-state index contributed by atoms with van der Waals surface area (Å²) in [5.41, 5.74) is 2.11. The van der Waals surface area contributed by atoms with Crippen LogP contribution in [0.2, 0.25) is 5.02 Å². The van der Waals surface area contributed by atoms with E-state index in [9.17, 15) is 4.79 Å². The number of carbonyl (C=O) groups excluding carboxylic acids is 1. The van der Waals surface area contributed by atoms with Crippen LogP contribution in [0.25, 0.3) is 0 Å². The number of aromatic nitrogens is 2. The molecule has 5 nitrogen and oxygen atoms in total. The largest absolute Gasteiger partial charge is 0.493 e. The smallest absolute Gasteiger partial charge is 0.221 e. The van der Waals surface area contributed by atoms with Crippen LogP contribution in [0.3, 0.4) is 0 Å². The molecule has 1 N–H and O–H groups in total. The van der Waals surface area contributed by atoms with Crippen molar-refractivity contribution in [3.05, 3.63) is 46.7 Å². The summed E-state index contributed by atoms with van der Waals surface area (Å²) in [5.74, 6) is 0.857. The molecule has 0 unspecified atom stereocenters. The summed E-state index contributed by atoms with van der Waals surface area (Å²) in [5, 5.41) is 7.74. The van der Waals surface area contributed by atoms with E-state index < -0.39 is 0 Å². The summed E-state index contributed by atoms with van der Waals surface area (Å²) in [6.45, 7) is 5.69. The van der Waals surface area contributed by atoms with Gasteiger partial charge in [-0.3, -0.25) is 9.48 Å². The van der Waals surface area contributed by atoms with E-state index in [0.717, 1.165) is 23.3 Å². The third-order valence-electron chi connectivity index (χ3n) is 3.37. The Balaban J connectivity index is 1.58.